The molecule has 3 nitrogen and oxygen atoms in total. The van der Waals surface area contributed by atoms with Gasteiger partial charge in [-0.15, -0.1) is 0 Å². The molecule has 1 rings (SSSR count). The first-order valence-electron chi connectivity index (χ1n) is 5.87. The fourth-order valence-electron chi connectivity index (χ4n) is 2.14. The molecule has 0 saturated carbocycles. The van der Waals surface area contributed by atoms with Gasteiger partial charge in [-0.2, -0.15) is 5.26 Å². The fraction of sp³-hybridized carbons (Fsp3) is 0.583. The lowest BCUT2D eigenvalue weighted by Crippen LogP contribution is -2.44. The largest absolute Gasteiger partial charge is 0.474 e. The van der Waals surface area contributed by atoms with Crippen LogP contribution in [0.15, 0.2) is 16.7 Å². The maximum atomic E-state index is 8.77. The highest BCUT2D eigenvalue weighted by Crippen LogP contribution is 2.22. The van der Waals surface area contributed by atoms with Gasteiger partial charge in [0.2, 0.25) is 0 Å². The van der Waals surface area contributed by atoms with Crippen molar-refractivity contribution in [2.75, 3.05) is 0 Å². The first kappa shape index (κ1) is 13.0. The maximum Gasteiger partial charge on any atom is 0.131 e. The zero-order valence-corrected chi connectivity index (χ0v) is 11.3. The van der Waals surface area contributed by atoms with Crippen LogP contribution in [0, 0.1) is 11.3 Å². The number of hydrogen-bond acceptors (Lipinski definition) is 3. The normalized spacial score (nSPS) is 13.4. The number of nitrogens with zero attached hydrogens (tertiary/aromatic N) is 1. The molecule has 4 heteroatoms. The van der Waals surface area contributed by atoms with Crippen molar-refractivity contribution in [3.8, 4) is 6.07 Å². The zero-order chi connectivity index (χ0) is 12.2. The van der Waals surface area contributed by atoms with Crippen LogP contribution in [0.3, 0.4) is 0 Å². The Morgan fingerprint density at radius 2 is 1.94 bits per heavy atom. The minimum Gasteiger partial charge on any atom is -0.474 e. The molecule has 1 unspecified atom stereocenters. The summed E-state index contributed by atoms with van der Waals surface area (Å²) >= 11 is 0. The number of hydrogen-bond donors (Lipinski definition) is 1. The van der Waals surface area contributed by atoms with Crippen LogP contribution in [-0.4, -0.2) is 8.07 Å². The van der Waals surface area contributed by atoms with E-state index in [0.717, 1.165) is 10.9 Å². The molecule has 1 heterocycles. The summed E-state index contributed by atoms with van der Waals surface area (Å²) in [7, 11) is -1.46. The lowest BCUT2D eigenvalue weighted by atomic mass is 10.2. The van der Waals surface area contributed by atoms with Crippen LogP contribution in [0.2, 0.25) is 18.1 Å². The predicted octanol–water partition coefficient (Wildman–Crippen LogP) is 2.52. The SMILES string of the molecule is CC[Si](CC)(CC)c1cc(C(N)C#N)co1. The Kier molecular flexibility index (Phi) is 4.33. The third-order valence-electron chi connectivity index (χ3n) is 3.67. The second-order valence-electron chi connectivity index (χ2n) is 4.19. The van der Waals surface area contributed by atoms with Gasteiger partial charge in [0.25, 0.3) is 0 Å². The molecular formula is C12H20N2OSi. The van der Waals surface area contributed by atoms with E-state index in [1.807, 2.05) is 12.1 Å². The van der Waals surface area contributed by atoms with Crippen molar-refractivity contribution < 1.29 is 4.42 Å². The van der Waals surface area contributed by atoms with Gasteiger partial charge in [-0.1, -0.05) is 38.9 Å². The minimum absolute atomic E-state index is 0.560. The van der Waals surface area contributed by atoms with E-state index in [4.69, 9.17) is 15.4 Å². The maximum absolute atomic E-state index is 8.77. The molecule has 2 N–H and O–H groups in total. The van der Waals surface area contributed by atoms with Gasteiger partial charge in [0.15, 0.2) is 0 Å². The van der Waals surface area contributed by atoms with E-state index in [0.29, 0.717) is 0 Å². The van der Waals surface area contributed by atoms with Crippen LogP contribution in [0.4, 0.5) is 0 Å². The lowest BCUT2D eigenvalue weighted by Gasteiger charge is -2.24. The topological polar surface area (TPSA) is 63.0 Å². The molecule has 0 spiro atoms. The molecule has 0 aliphatic rings. The Morgan fingerprint density at radius 1 is 1.38 bits per heavy atom. The van der Waals surface area contributed by atoms with Crippen LogP contribution >= 0.6 is 0 Å². The highest BCUT2D eigenvalue weighted by atomic mass is 28.3. The average molecular weight is 236 g/mol. The second kappa shape index (κ2) is 5.33. The van der Waals surface area contributed by atoms with E-state index < -0.39 is 14.1 Å². The number of rotatable bonds is 5. The number of nitriles is 1. The van der Waals surface area contributed by atoms with Gasteiger partial charge in [-0.05, 0) is 6.07 Å². The smallest absolute Gasteiger partial charge is 0.131 e. The molecule has 0 aliphatic heterocycles. The van der Waals surface area contributed by atoms with Crippen molar-refractivity contribution in [3.63, 3.8) is 0 Å². The first-order valence-corrected chi connectivity index (χ1v) is 8.49. The highest BCUT2D eigenvalue weighted by molar-refractivity contribution is 6.90. The van der Waals surface area contributed by atoms with E-state index in [-0.39, 0.29) is 0 Å². The Bertz CT molecular complexity index is 368. The third-order valence-corrected chi connectivity index (χ3v) is 9.04. The second-order valence-corrected chi connectivity index (χ2v) is 9.37. The average Bonchev–Trinajstić information content (AvgIpc) is 2.81. The summed E-state index contributed by atoms with van der Waals surface area (Å²) in [4.78, 5) is 0. The van der Waals surface area contributed by atoms with Gasteiger partial charge >= 0.3 is 0 Å². The molecule has 1 aromatic rings. The van der Waals surface area contributed by atoms with Crippen molar-refractivity contribution in [2.45, 2.75) is 44.9 Å². The summed E-state index contributed by atoms with van der Waals surface area (Å²) in [6, 6.07) is 7.00. The van der Waals surface area contributed by atoms with Crippen molar-refractivity contribution >= 4 is 13.5 Å². The van der Waals surface area contributed by atoms with Crippen molar-refractivity contribution in [2.24, 2.45) is 5.73 Å². The van der Waals surface area contributed by atoms with Gasteiger partial charge in [-0.3, -0.25) is 0 Å². The molecule has 0 aliphatic carbocycles. The Hall–Kier alpha value is -1.05. The van der Waals surface area contributed by atoms with Crippen molar-refractivity contribution in [1.29, 1.82) is 5.26 Å². The standard InChI is InChI=1S/C12H20N2OSi/c1-4-16(5-2,6-3)12-7-10(9-15-12)11(14)8-13/h7,9,11H,4-6,14H2,1-3H3. The molecule has 0 aromatic carbocycles. The van der Waals surface area contributed by atoms with Crippen LogP contribution in [0.25, 0.3) is 0 Å². The third kappa shape index (κ3) is 2.21. The highest BCUT2D eigenvalue weighted by Gasteiger charge is 2.33. The lowest BCUT2D eigenvalue weighted by molar-refractivity contribution is 0.589. The monoisotopic (exact) mass is 236 g/mol. The van der Waals surface area contributed by atoms with Crippen molar-refractivity contribution in [3.05, 3.63) is 17.9 Å². The van der Waals surface area contributed by atoms with E-state index in [9.17, 15) is 0 Å². The molecule has 16 heavy (non-hydrogen) atoms. The molecule has 88 valence electrons. The molecule has 1 atom stereocenters. The van der Waals surface area contributed by atoms with Crippen LogP contribution in [-0.2, 0) is 0 Å². The summed E-state index contributed by atoms with van der Waals surface area (Å²) in [5.74, 6) is 0. The Morgan fingerprint density at radius 3 is 2.38 bits per heavy atom. The zero-order valence-electron chi connectivity index (χ0n) is 10.3. The summed E-state index contributed by atoms with van der Waals surface area (Å²) < 4.78 is 5.66. The van der Waals surface area contributed by atoms with Crippen LogP contribution in [0.1, 0.15) is 32.4 Å². The van der Waals surface area contributed by atoms with Crippen molar-refractivity contribution in [1.82, 2.24) is 0 Å². The fourth-order valence-corrected chi connectivity index (χ4v) is 5.47. The molecule has 0 radical (unpaired) electrons. The van der Waals surface area contributed by atoms with Gasteiger partial charge in [0.1, 0.15) is 14.1 Å². The van der Waals surface area contributed by atoms with E-state index in [2.05, 4.69) is 20.8 Å². The van der Waals surface area contributed by atoms with E-state index in [1.54, 1.807) is 6.26 Å². The van der Waals surface area contributed by atoms with E-state index >= 15 is 0 Å². The van der Waals surface area contributed by atoms with Gasteiger partial charge in [0, 0.05) is 5.56 Å². The van der Waals surface area contributed by atoms with Gasteiger partial charge < -0.3 is 10.2 Å². The summed E-state index contributed by atoms with van der Waals surface area (Å²) in [6.45, 7) is 6.68. The first-order chi connectivity index (χ1) is 7.63. The number of nitrogens with two attached hydrogens (primary N) is 1. The quantitative estimate of drug-likeness (QED) is 0.799. The summed E-state index contributed by atoms with van der Waals surface area (Å²) in [6.07, 6.45) is 1.64. The molecule has 1 aromatic heterocycles. The summed E-state index contributed by atoms with van der Waals surface area (Å²) in [5.41, 5.74) is 6.48. The minimum atomic E-state index is -1.46. The van der Waals surface area contributed by atoms with E-state index in [1.165, 1.54) is 18.1 Å². The molecule has 0 fully saturated rings. The Labute approximate surface area is 98.3 Å². The van der Waals surface area contributed by atoms with Gasteiger partial charge in [0.05, 0.1) is 17.7 Å². The molecule has 0 bridgehead atoms. The van der Waals surface area contributed by atoms with Gasteiger partial charge in [-0.25, -0.2) is 0 Å². The number of furan rings is 1. The molecular weight excluding hydrogens is 216 g/mol. The molecule has 0 saturated heterocycles. The summed E-state index contributed by atoms with van der Waals surface area (Å²) in [5, 5.41) is 9.86. The molecule has 0 amide bonds. The Balaban J connectivity index is 3.04. The predicted molar refractivity (Wildman–Crippen MR) is 68.1 cm³/mol. The van der Waals surface area contributed by atoms with Crippen LogP contribution in [0.5, 0.6) is 0 Å². The van der Waals surface area contributed by atoms with Crippen LogP contribution < -0.4 is 11.1 Å².